The van der Waals surface area contributed by atoms with Crippen molar-refractivity contribution in [2.45, 2.75) is 25.2 Å². The smallest absolute Gasteiger partial charge is 0.330 e. The van der Waals surface area contributed by atoms with E-state index >= 15 is 0 Å². The summed E-state index contributed by atoms with van der Waals surface area (Å²) in [5, 5.41) is 2.98. The van der Waals surface area contributed by atoms with Gasteiger partial charge in [0, 0.05) is 14.6 Å². The van der Waals surface area contributed by atoms with Gasteiger partial charge in [-0.25, -0.2) is 4.79 Å². The van der Waals surface area contributed by atoms with E-state index in [4.69, 9.17) is 4.74 Å². The lowest BCUT2D eigenvalue weighted by Crippen LogP contribution is -2.37. The number of anilines is 1. The Labute approximate surface area is 145 Å². The standard InChI is InChI=1S/C18H19NO3.ClH.2H2/c1-2-22-16(20)10-9-13-6-5-11-18(12-13)14-7-3-4-8-15(14)19-17(18)21;;;/h3-10,13H,2,11-12H2,1H3,(H,19,21);3*1H/b10-9+;;;/t13-,18-;;;/m1.../s1. The van der Waals surface area contributed by atoms with Crippen molar-refractivity contribution in [3.05, 3.63) is 54.1 Å². The van der Waals surface area contributed by atoms with Crippen LogP contribution in [0.15, 0.2) is 48.6 Å². The maximum absolute atomic E-state index is 12.5. The summed E-state index contributed by atoms with van der Waals surface area (Å²) >= 11 is 0. The third-order valence-electron chi connectivity index (χ3n) is 4.33. The third kappa shape index (κ3) is 3.17. The van der Waals surface area contributed by atoms with Gasteiger partial charge in [-0.3, -0.25) is 4.79 Å². The van der Waals surface area contributed by atoms with Crippen LogP contribution in [0, 0.1) is 5.92 Å². The number of carbonyl (C=O) groups is 2. The normalized spacial score (nSPS) is 25.1. The Kier molecular flexibility index (Phi) is 5.26. The van der Waals surface area contributed by atoms with Gasteiger partial charge in [-0.05, 0) is 37.3 Å². The van der Waals surface area contributed by atoms with Crippen LogP contribution in [0.4, 0.5) is 5.69 Å². The number of hydrogen-bond donors (Lipinski definition) is 1. The van der Waals surface area contributed by atoms with Crippen LogP contribution in [0.2, 0.25) is 0 Å². The Morgan fingerprint density at radius 2 is 2.26 bits per heavy atom. The highest BCUT2D eigenvalue weighted by Crippen LogP contribution is 2.47. The van der Waals surface area contributed by atoms with Crippen LogP contribution in [0.3, 0.4) is 0 Å². The topological polar surface area (TPSA) is 55.4 Å². The number of esters is 1. The molecule has 126 valence electrons. The summed E-state index contributed by atoms with van der Waals surface area (Å²) in [6.45, 7) is 2.14. The molecule has 1 heterocycles. The quantitative estimate of drug-likeness (QED) is 0.517. The highest BCUT2D eigenvalue weighted by Gasteiger charge is 2.47. The van der Waals surface area contributed by atoms with Crippen molar-refractivity contribution in [3.63, 3.8) is 0 Å². The summed E-state index contributed by atoms with van der Waals surface area (Å²) < 4.78 is 4.90. The van der Waals surface area contributed by atoms with E-state index in [-0.39, 0.29) is 33.1 Å². The first-order valence-electron chi connectivity index (χ1n) is 7.58. The summed E-state index contributed by atoms with van der Waals surface area (Å²) in [5.74, 6) is -0.241. The molecule has 4 nitrogen and oxygen atoms in total. The molecule has 1 N–H and O–H groups in total. The molecule has 0 radical (unpaired) electrons. The number of nitrogens with one attached hydrogen (secondary N) is 1. The number of amides is 1. The van der Waals surface area contributed by atoms with Crippen LogP contribution in [-0.4, -0.2) is 18.5 Å². The second-order valence-electron chi connectivity index (χ2n) is 5.69. The summed E-state index contributed by atoms with van der Waals surface area (Å²) in [5.41, 5.74) is 1.43. The fourth-order valence-electron chi connectivity index (χ4n) is 3.30. The van der Waals surface area contributed by atoms with Crippen LogP contribution in [-0.2, 0) is 19.7 Å². The van der Waals surface area contributed by atoms with E-state index in [0.717, 1.165) is 11.3 Å². The predicted molar refractivity (Wildman–Crippen MR) is 95.9 cm³/mol. The molecule has 0 bridgehead atoms. The zero-order valence-corrected chi connectivity index (χ0v) is 13.8. The Balaban J connectivity index is 0.00000192. The van der Waals surface area contributed by atoms with Gasteiger partial charge in [0.25, 0.3) is 0 Å². The second kappa shape index (κ2) is 7.01. The molecule has 1 aliphatic heterocycles. The lowest BCUT2D eigenvalue weighted by molar-refractivity contribution is -0.137. The molecule has 1 aromatic rings. The van der Waals surface area contributed by atoms with Gasteiger partial charge in [-0.15, -0.1) is 12.4 Å². The molecular weight excluding hydrogens is 314 g/mol. The first-order valence-corrected chi connectivity index (χ1v) is 7.58. The Hall–Kier alpha value is -2.07. The van der Waals surface area contributed by atoms with E-state index < -0.39 is 5.41 Å². The van der Waals surface area contributed by atoms with Crippen molar-refractivity contribution in [1.82, 2.24) is 0 Å². The lowest BCUT2D eigenvalue weighted by atomic mass is 9.69. The Morgan fingerprint density at radius 1 is 1.48 bits per heavy atom. The van der Waals surface area contributed by atoms with Gasteiger partial charge in [0.2, 0.25) is 5.91 Å². The van der Waals surface area contributed by atoms with Gasteiger partial charge in [0.15, 0.2) is 0 Å². The van der Waals surface area contributed by atoms with Crippen molar-refractivity contribution in [1.29, 1.82) is 0 Å². The molecular formula is C18H24ClNO3. The van der Waals surface area contributed by atoms with Gasteiger partial charge in [0.05, 0.1) is 12.0 Å². The molecule has 23 heavy (non-hydrogen) atoms. The van der Waals surface area contributed by atoms with E-state index in [2.05, 4.69) is 11.4 Å². The number of halogens is 1. The molecule has 5 heteroatoms. The SMILES string of the molecule is CCOC(=O)/C=C/[C@H]1C=CC[C@]2(C1)C(=O)Nc1ccccc12.Cl.[HH].[HH]. The highest BCUT2D eigenvalue weighted by atomic mass is 35.5. The van der Waals surface area contributed by atoms with Crippen molar-refractivity contribution in [3.8, 4) is 0 Å². The molecule has 3 rings (SSSR count). The fraction of sp³-hybridized carbons (Fsp3) is 0.333. The molecule has 0 saturated heterocycles. The maximum Gasteiger partial charge on any atom is 0.330 e. The summed E-state index contributed by atoms with van der Waals surface area (Å²) in [4.78, 5) is 24.0. The molecule has 1 spiro atoms. The van der Waals surface area contributed by atoms with E-state index in [0.29, 0.717) is 19.4 Å². The summed E-state index contributed by atoms with van der Waals surface area (Å²) in [6.07, 6.45) is 8.72. The van der Waals surface area contributed by atoms with Gasteiger partial charge < -0.3 is 10.1 Å². The minimum atomic E-state index is -0.519. The maximum atomic E-state index is 12.5. The number of para-hydroxylation sites is 1. The average molecular weight is 338 g/mol. The molecule has 0 fully saturated rings. The van der Waals surface area contributed by atoms with E-state index in [9.17, 15) is 9.59 Å². The first-order chi connectivity index (χ1) is 10.7. The number of allylic oxidation sites excluding steroid dienone is 3. The van der Waals surface area contributed by atoms with Crippen molar-refractivity contribution in [2.24, 2.45) is 5.92 Å². The zero-order valence-electron chi connectivity index (χ0n) is 13.0. The van der Waals surface area contributed by atoms with E-state index in [1.54, 1.807) is 6.92 Å². The number of hydrogen-bond acceptors (Lipinski definition) is 3. The monoisotopic (exact) mass is 337 g/mol. The number of carbonyl (C=O) groups excluding carboxylic acids is 2. The second-order valence-corrected chi connectivity index (χ2v) is 5.69. The molecule has 0 saturated carbocycles. The lowest BCUT2D eigenvalue weighted by Gasteiger charge is -2.32. The largest absolute Gasteiger partial charge is 0.463 e. The van der Waals surface area contributed by atoms with Crippen LogP contribution < -0.4 is 5.32 Å². The molecule has 0 unspecified atom stereocenters. The zero-order chi connectivity index (χ0) is 15.6. The van der Waals surface area contributed by atoms with Crippen molar-refractivity contribution in [2.75, 3.05) is 11.9 Å². The minimum Gasteiger partial charge on any atom is -0.463 e. The Bertz CT molecular complexity index is 678. The molecule has 1 amide bonds. The molecule has 1 aliphatic carbocycles. The van der Waals surface area contributed by atoms with Crippen LogP contribution in [0.1, 0.15) is 28.2 Å². The summed E-state index contributed by atoms with van der Waals surface area (Å²) in [6, 6.07) is 7.83. The fourth-order valence-corrected chi connectivity index (χ4v) is 3.30. The highest BCUT2D eigenvalue weighted by molar-refractivity contribution is 6.06. The van der Waals surface area contributed by atoms with Crippen LogP contribution in [0.25, 0.3) is 0 Å². The number of rotatable bonds is 3. The number of benzene rings is 1. The van der Waals surface area contributed by atoms with Gasteiger partial charge in [0.1, 0.15) is 0 Å². The van der Waals surface area contributed by atoms with E-state index in [1.165, 1.54) is 6.08 Å². The van der Waals surface area contributed by atoms with Gasteiger partial charge >= 0.3 is 5.97 Å². The minimum absolute atomic E-state index is 0. The molecule has 2 atom stereocenters. The first kappa shape index (κ1) is 17.3. The van der Waals surface area contributed by atoms with Gasteiger partial charge in [-0.1, -0.05) is 36.4 Å². The van der Waals surface area contributed by atoms with Crippen molar-refractivity contribution >= 4 is 30.0 Å². The summed E-state index contributed by atoms with van der Waals surface area (Å²) in [7, 11) is 0. The number of ether oxygens (including phenoxy) is 1. The predicted octanol–water partition coefficient (Wildman–Crippen LogP) is 3.88. The van der Waals surface area contributed by atoms with Crippen LogP contribution >= 0.6 is 12.4 Å². The molecule has 2 aliphatic rings. The number of fused-ring (bicyclic) bond motifs is 2. The van der Waals surface area contributed by atoms with E-state index in [1.807, 2.05) is 36.4 Å². The van der Waals surface area contributed by atoms with Crippen LogP contribution in [0.5, 0.6) is 0 Å². The molecule has 1 aromatic carbocycles. The average Bonchev–Trinajstić information content (AvgIpc) is 2.78. The third-order valence-corrected chi connectivity index (χ3v) is 4.33. The van der Waals surface area contributed by atoms with Gasteiger partial charge in [-0.2, -0.15) is 0 Å². The Morgan fingerprint density at radius 3 is 3.04 bits per heavy atom. The van der Waals surface area contributed by atoms with Crippen molar-refractivity contribution < 1.29 is 17.2 Å². The molecule has 0 aromatic heterocycles.